The van der Waals surface area contributed by atoms with Gasteiger partial charge in [-0.25, -0.2) is 4.98 Å². The second-order valence-corrected chi connectivity index (χ2v) is 9.89. The minimum Gasteiger partial charge on any atom is -0.396 e. The van der Waals surface area contributed by atoms with Crippen LogP contribution in [0.3, 0.4) is 0 Å². The Hall–Kier alpha value is -2.91. The van der Waals surface area contributed by atoms with Gasteiger partial charge in [0, 0.05) is 24.8 Å². The molecule has 1 heterocycles. The van der Waals surface area contributed by atoms with E-state index in [9.17, 15) is 23.1 Å². The number of amides is 1. The van der Waals surface area contributed by atoms with Crippen LogP contribution in [0.25, 0.3) is 11.0 Å². The van der Waals surface area contributed by atoms with Crippen molar-refractivity contribution in [3.05, 3.63) is 59.2 Å². The molecule has 0 unspecified atom stereocenters. The van der Waals surface area contributed by atoms with Crippen LogP contribution in [0.15, 0.2) is 42.5 Å². The summed E-state index contributed by atoms with van der Waals surface area (Å²) >= 11 is 0. The Morgan fingerprint density at radius 2 is 1.89 bits per heavy atom. The van der Waals surface area contributed by atoms with E-state index in [2.05, 4.69) is 30.1 Å². The van der Waals surface area contributed by atoms with E-state index in [0.29, 0.717) is 5.95 Å². The number of nitrogens with zero attached hydrogens (tertiary/aromatic N) is 3. The van der Waals surface area contributed by atoms with Crippen molar-refractivity contribution in [1.29, 1.82) is 0 Å². The van der Waals surface area contributed by atoms with Crippen molar-refractivity contribution in [2.75, 3.05) is 25.0 Å². The van der Waals surface area contributed by atoms with Crippen molar-refractivity contribution in [2.45, 2.75) is 64.7 Å². The highest BCUT2D eigenvalue weighted by Gasteiger charge is 2.31. The van der Waals surface area contributed by atoms with E-state index >= 15 is 0 Å². The fraction of sp³-hybridized carbons (Fsp3) is 0.500. The summed E-state index contributed by atoms with van der Waals surface area (Å²) in [5.74, 6) is -0.0330. The number of nitrogens with one attached hydrogen (secondary N) is 1. The van der Waals surface area contributed by atoms with Gasteiger partial charge >= 0.3 is 6.18 Å². The van der Waals surface area contributed by atoms with Gasteiger partial charge in [0.25, 0.3) is 5.91 Å². The normalized spacial score (nSPS) is 18.5. The Morgan fingerprint density at radius 1 is 1.14 bits per heavy atom. The Kier molecular flexibility index (Phi) is 8.54. The Balaban J connectivity index is 1.68. The summed E-state index contributed by atoms with van der Waals surface area (Å²) in [4.78, 5) is 20.2. The number of imidazole rings is 1. The lowest BCUT2D eigenvalue weighted by Crippen LogP contribution is -2.23. The molecule has 0 saturated heterocycles. The number of benzene rings is 2. The summed E-state index contributed by atoms with van der Waals surface area (Å²) in [5.41, 5.74) is 1.80. The molecule has 1 aliphatic rings. The van der Waals surface area contributed by atoms with Gasteiger partial charge in [-0.3, -0.25) is 15.0 Å². The zero-order chi connectivity index (χ0) is 26.6. The lowest BCUT2D eigenvalue weighted by atomic mass is 9.86. The summed E-state index contributed by atoms with van der Waals surface area (Å²) in [6.45, 7) is 7.17. The van der Waals surface area contributed by atoms with Crippen LogP contribution in [0.2, 0.25) is 0 Å². The molecule has 1 fully saturated rings. The maximum absolute atomic E-state index is 13.2. The lowest BCUT2D eigenvalue weighted by Gasteiger charge is -2.29. The Labute approximate surface area is 215 Å². The number of aliphatic hydroxyl groups excluding tert-OH is 1. The first-order valence-corrected chi connectivity index (χ1v) is 13.1. The van der Waals surface area contributed by atoms with Crippen molar-refractivity contribution in [2.24, 2.45) is 5.92 Å². The van der Waals surface area contributed by atoms with E-state index in [1.54, 1.807) is 0 Å². The molecule has 1 saturated carbocycles. The maximum Gasteiger partial charge on any atom is 0.416 e. The molecule has 6 nitrogen and oxygen atoms in total. The molecule has 200 valence electrons. The van der Waals surface area contributed by atoms with Crippen LogP contribution in [0.5, 0.6) is 0 Å². The quantitative estimate of drug-likeness (QED) is 0.352. The number of fused-ring (bicyclic) bond motifs is 1. The average molecular weight is 517 g/mol. The topological polar surface area (TPSA) is 70.4 Å². The van der Waals surface area contributed by atoms with E-state index in [1.165, 1.54) is 12.1 Å². The van der Waals surface area contributed by atoms with Gasteiger partial charge in [0.05, 0.1) is 16.6 Å². The van der Waals surface area contributed by atoms with Crippen molar-refractivity contribution in [3.8, 4) is 0 Å². The van der Waals surface area contributed by atoms with Crippen molar-refractivity contribution >= 4 is 22.9 Å². The van der Waals surface area contributed by atoms with E-state index in [0.717, 1.165) is 80.5 Å². The first-order valence-electron chi connectivity index (χ1n) is 13.1. The van der Waals surface area contributed by atoms with Crippen molar-refractivity contribution in [1.82, 2.24) is 14.5 Å². The minimum absolute atomic E-state index is 0.0719. The fourth-order valence-corrected chi connectivity index (χ4v) is 5.22. The van der Waals surface area contributed by atoms with Gasteiger partial charge in [0.2, 0.25) is 5.95 Å². The van der Waals surface area contributed by atoms with Crippen LogP contribution in [-0.4, -0.2) is 45.2 Å². The third-order valence-corrected chi connectivity index (χ3v) is 7.26. The van der Waals surface area contributed by atoms with Crippen LogP contribution in [-0.2, 0) is 12.7 Å². The molecule has 1 amide bonds. The van der Waals surface area contributed by atoms with E-state index in [-0.39, 0.29) is 24.1 Å². The molecule has 9 heteroatoms. The van der Waals surface area contributed by atoms with Gasteiger partial charge in [0.15, 0.2) is 0 Å². The average Bonchev–Trinajstić information content (AvgIpc) is 3.24. The summed E-state index contributed by atoms with van der Waals surface area (Å²) in [6.07, 6.45) is -0.0942. The molecule has 37 heavy (non-hydrogen) atoms. The van der Waals surface area contributed by atoms with Gasteiger partial charge < -0.3 is 9.67 Å². The third kappa shape index (κ3) is 6.33. The van der Waals surface area contributed by atoms with Gasteiger partial charge in [-0.15, -0.1) is 0 Å². The predicted octanol–water partition coefficient (Wildman–Crippen LogP) is 6.26. The molecule has 1 aromatic heterocycles. The maximum atomic E-state index is 13.2. The number of aromatic nitrogens is 2. The van der Waals surface area contributed by atoms with Gasteiger partial charge in [0.1, 0.15) is 0 Å². The number of alkyl halides is 3. The smallest absolute Gasteiger partial charge is 0.396 e. The second-order valence-electron chi connectivity index (χ2n) is 9.89. The fourth-order valence-electron chi connectivity index (χ4n) is 5.22. The Bertz CT molecular complexity index is 1220. The first kappa shape index (κ1) is 27.1. The molecule has 0 spiro atoms. The van der Waals surface area contributed by atoms with Crippen LogP contribution in [0.4, 0.5) is 19.1 Å². The molecular formula is C28H35F3N4O2. The molecule has 0 aliphatic heterocycles. The van der Waals surface area contributed by atoms with Gasteiger partial charge in [-0.2, -0.15) is 13.2 Å². The van der Waals surface area contributed by atoms with Crippen LogP contribution in [0, 0.1) is 5.92 Å². The summed E-state index contributed by atoms with van der Waals surface area (Å²) < 4.78 is 41.6. The van der Waals surface area contributed by atoms with E-state index in [1.807, 2.05) is 16.7 Å². The highest BCUT2D eigenvalue weighted by Crippen LogP contribution is 2.37. The largest absolute Gasteiger partial charge is 0.416 e. The number of carbonyl (C=O) groups is 1. The van der Waals surface area contributed by atoms with Crippen LogP contribution < -0.4 is 5.32 Å². The van der Waals surface area contributed by atoms with Crippen LogP contribution >= 0.6 is 0 Å². The molecule has 1 aliphatic carbocycles. The number of aliphatic hydroxyl groups is 1. The SMILES string of the molecule is CCCN(CC)Cc1ccc2c(c1)nc(NC(=O)c1cccc(C(F)(F)F)c1)n2C1CCC(CO)CC1. The summed E-state index contributed by atoms with van der Waals surface area (Å²) in [7, 11) is 0. The number of hydrogen-bond donors (Lipinski definition) is 2. The standard InChI is InChI=1S/C28H35F3N4O2/c1-3-14-34(4-2)17-20-10-13-25-24(15-20)32-27(35(25)23-11-8-19(18-36)9-12-23)33-26(37)21-6-5-7-22(16-21)28(29,30)31/h5-7,10,13,15-16,19,23,36H,3-4,8-9,11-12,14,17-18H2,1-2H3,(H,32,33,37). The number of anilines is 1. The first-order chi connectivity index (χ1) is 17.7. The minimum atomic E-state index is -4.53. The van der Waals surface area contributed by atoms with Gasteiger partial charge in [-0.05, 0) is 87.0 Å². The van der Waals surface area contributed by atoms with E-state index in [4.69, 9.17) is 4.98 Å². The van der Waals surface area contributed by atoms with Gasteiger partial charge in [-0.1, -0.05) is 26.0 Å². The molecular weight excluding hydrogens is 481 g/mol. The summed E-state index contributed by atoms with van der Waals surface area (Å²) in [6, 6.07) is 10.6. The van der Waals surface area contributed by atoms with E-state index < -0.39 is 17.6 Å². The third-order valence-electron chi connectivity index (χ3n) is 7.26. The zero-order valence-corrected chi connectivity index (χ0v) is 21.4. The lowest BCUT2D eigenvalue weighted by molar-refractivity contribution is -0.137. The Morgan fingerprint density at radius 3 is 2.54 bits per heavy atom. The highest BCUT2D eigenvalue weighted by atomic mass is 19.4. The number of hydrogen-bond acceptors (Lipinski definition) is 4. The monoisotopic (exact) mass is 516 g/mol. The van der Waals surface area contributed by atoms with Crippen molar-refractivity contribution in [3.63, 3.8) is 0 Å². The molecule has 0 radical (unpaired) electrons. The second kappa shape index (κ2) is 11.6. The zero-order valence-electron chi connectivity index (χ0n) is 21.4. The van der Waals surface area contributed by atoms with Crippen LogP contribution in [0.1, 0.15) is 73.5 Å². The molecule has 3 aromatic rings. The molecule has 2 N–H and O–H groups in total. The number of rotatable bonds is 9. The summed E-state index contributed by atoms with van der Waals surface area (Å²) in [5, 5.41) is 12.4. The number of halogens is 3. The molecule has 4 rings (SSSR count). The van der Waals surface area contributed by atoms with Crippen molar-refractivity contribution < 1.29 is 23.1 Å². The predicted molar refractivity (Wildman–Crippen MR) is 138 cm³/mol. The highest BCUT2D eigenvalue weighted by molar-refractivity contribution is 6.04. The molecule has 0 bridgehead atoms. The molecule has 2 aromatic carbocycles. The molecule has 0 atom stereocenters. The number of carbonyl (C=O) groups excluding carboxylic acids is 1.